The van der Waals surface area contributed by atoms with Crippen molar-refractivity contribution in [2.45, 2.75) is 32.8 Å². The lowest BCUT2D eigenvalue weighted by atomic mass is 10.1. The Morgan fingerprint density at radius 2 is 2.00 bits per heavy atom. The molecule has 1 unspecified atom stereocenters. The summed E-state index contributed by atoms with van der Waals surface area (Å²) < 4.78 is 16.6. The van der Waals surface area contributed by atoms with Gasteiger partial charge in [-0.25, -0.2) is 4.79 Å². The maximum absolute atomic E-state index is 11.4. The number of benzene rings is 2. The van der Waals surface area contributed by atoms with Gasteiger partial charge in [-0.05, 0) is 55.3 Å². The first-order chi connectivity index (χ1) is 16.5. The molecule has 0 saturated carbocycles. The average molecular weight is 488 g/mol. The summed E-state index contributed by atoms with van der Waals surface area (Å²) in [6.45, 7) is 4.46. The Bertz CT molecular complexity index is 1100. The molecule has 10 heteroatoms. The summed E-state index contributed by atoms with van der Waals surface area (Å²) in [5, 5.41) is 18.1. The van der Waals surface area contributed by atoms with Crippen molar-refractivity contribution in [3.05, 3.63) is 65.0 Å². The van der Waals surface area contributed by atoms with E-state index in [1.54, 1.807) is 49.4 Å². The van der Waals surface area contributed by atoms with E-state index in [1.807, 2.05) is 13.0 Å². The highest BCUT2D eigenvalue weighted by Gasteiger charge is 2.19. The van der Waals surface area contributed by atoms with Crippen molar-refractivity contribution in [3.8, 4) is 17.1 Å². The Balaban J connectivity index is 1.73. The monoisotopic (exact) mass is 487 g/mol. The first kappa shape index (κ1) is 25.2. The third-order valence-electron chi connectivity index (χ3n) is 4.58. The third kappa shape index (κ3) is 7.29. The van der Waals surface area contributed by atoms with Gasteiger partial charge in [0.1, 0.15) is 19.0 Å². The molecule has 0 amide bonds. The van der Waals surface area contributed by atoms with Crippen LogP contribution in [-0.4, -0.2) is 52.9 Å². The van der Waals surface area contributed by atoms with Gasteiger partial charge in [0.2, 0.25) is 5.82 Å². The second kappa shape index (κ2) is 12.7. The van der Waals surface area contributed by atoms with Gasteiger partial charge in [0.25, 0.3) is 5.89 Å². The molecule has 1 atom stereocenters. The van der Waals surface area contributed by atoms with Crippen molar-refractivity contribution >= 4 is 23.3 Å². The lowest BCUT2D eigenvalue weighted by Gasteiger charge is -2.13. The number of rotatable bonds is 13. The van der Waals surface area contributed by atoms with Crippen molar-refractivity contribution in [2.75, 3.05) is 19.8 Å². The van der Waals surface area contributed by atoms with E-state index >= 15 is 0 Å². The standard InChI is InChI=1S/C24H26ClN3O6/c1-3-12-33-27-20(23-26-22(28-34-23)17-8-10-18(25)11-9-17)15-32-19-7-5-6-16(13-19)14-21(24(29)30)31-4-2/h5-11,13,21H,3-4,12,14-15H2,1-2H3,(H,29,30)/b27-20+. The zero-order valence-corrected chi connectivity index (χ0v) is 19.7. The van der Waals surface area contributed by atoms with Crippen LogP contribution in [0.2, 0.25) is 5.02 Å². The van der Waals surface area contributed by atoms with Crippen LogP contribution in [-0.2, 0) is 20.8 Å². The molecule has 34 heavy (non-hydrogen) atoms. The summed E-state index contributed by atoms with van der Waals surface area (Å²) in [5.74, 6) is 0.0642. The molecule has 0 aliphatic rings. The molecule has 3 rings (SSSR count). The van der Waals surface area contributed by atoms with Crippen LogP contribution in [0.3, 0.4) is 0 Å². The van der Waals surface area contributed by atoms with Crippen molar-refractivity contribution in [1.29, 1.82) is 0 Å². The Labute approximate surface area is 202 Å². The van der Waals surface area contributed by atoms with Crippen LogP contribution >= 0.6 is 11.6 Å². The number of aromatic nitrogens is 2. The lowest BCUT2D eigenvalue weighted by molar-refractivity contribution is -0.149. The number of carboxylic acids is 1. The molecule has 0 bridgehead atoms. The number of hydrogen-bond acceptors (Lipinski definition) is 8. The van der Waals surface area contributed by atoms with Crippen LogP contribution in [0, 0.1) is 0 Å². The predicted molar refractivity (Wildman–Crippen MR) is 126 cm³/mol. The molecule has 2 aromatic carbocycles. The van der Waals surface area contributed by atoms with Gasteiger partial charge in [-0.15, -0.1) is 0 Å². The number of carbonyl (C=O) groups is 1. The number of oxime groups is 1. The van der Waals surface area contributed by atoms with E-state index in [1.165, 1.54) is 0 Å². The Morgan fingerprint density at radius 3 is 2.71 bits per heavy atom. The maximum atomic E-state index is 11.4. The minimum atomic E-state index is -1.01. The Kier molecular flexibility index (Phi) is 9.42. The SMILES string of the molecule is CCCO/N=C(\COc1cccc(CC(OCC)C(=O)O)c1)c1nc(-c2ccc(Cl)cc2)no1. The molecule has 1 aromatic heterocycles. The fourth-order valence-corrected chi connectivity index (χ4v) is 3.07. The molecule has 1 heterocycles. The highest BCUT2D eigenvalue weighted by molar-refractivity contribution is 6.30. The van der Waals surface area contributed by atoms with E-state index in [2.05, 4.69) is 15.3 Å². The third-order valence-corrected chi connectivity index (χ3v) is 4.84. The Hall–Kier alpha value is -3.43. The van der Waals surface area contributed by atoms with Gasteiger partial charge in [0.15, 0.2) is 11.8 Å². The fourth-order valence-electron chi connectivity index (χ4n) is 2.95. The van der Waals surface area contributed by atoms with Crippen molar-refractivity contribution in [2.24, 2.45) is 5.16 Å². The molecular formula is C24H26ClN3O6. The molecule has 1 N–H and O–H groups in total. The van der Waals surface area contributed by atoms with Gasteiger partial charge in [-0.3, -0.25) is 0 Å². The molecule has 3 aromatic rings. The van der Waals surface area contributed by atoms with Gasteiger partial charge in [0.05, 0.1) is 0 Å². The number of ether oxygens (including phenoxy) is 2. The smallest absolute Gasteiger partial charge is 0.333 e. The van der Waals surface area contributed by atoms with Crippen LogP contribution in [0.5, 0.6) is 5.75 Å². The summed E-state index contributed by atoms with van der Waals surface area (Å²) >= 11 is 5.94. The highest BCUT2D eigenvalue weighted by Crippen LogP contribution is 2.20. The van der Waals surface area contributed by atoms with Gasteiger partial charge in [-0.2, -0.15) is 4.98 Å². The van der Waals surface area contributed by atoms with Gasteiger partial charge in [-0.1, -0.05) is 41.0 Å². The highest BCUT2D eigenvalue weighted by atomic mass is 35.5. The van der Waals surface area contributed by atoms with E-state index in [-0.39, 0.29) is 18.9 Å². The summed E-state index contributed by atoms with van der Waals surface area (Å²) in [6.07, 6.45) is 0.0728. The zero-order valence-electron chi connectivity index (χ0n) is 18.9. The number of hydrogen-bond donors (Lipinski definition) is 1. The minimum absolute atomic E-state index is 0.00321. The molecule has 0 aliphatic heterocycles. The van der Waals surface area contributed by atoms with Gasteiger partial charge < -0.3 is 23.9 Å². The topological polar surface area (TPSA) is 116 Å². The van der Waals surface area contributed by atoms with Gasteiger partial charge in [0, 0.05) is 23.6 Å². The van der Waals surface area contributed by atoms with E-state index < -0.39 is 12.1 Å². The van der Waals surface area contributed by atoms with E-state index in [0.717, 1.165) is 17.5 Å². The minimum Gasteiger partial charge on any atom is -0.487 e. The first-order valence-electron chi connectivity index (χ1n) is 10.8. The average Bonchev–Trinajstić information content (AvgIpc) is 3.32. The van der Waals surface area contributed by atoms with E-state index in [9.17, 15) is 9.90 Å². The zero-order chi connectivity index (χ0) is 24.3. The molecule has 0 saturated heterocycles. The molecule has 0 aliphatic carbocycles. The van der Waals surface area contributed by atoms with Gasteiger partial charge >= 0.3 is 5.97 Å². The number of halogens is 1. The lowest BCUT2D eigenvalue weighted by Crippen LogP contribution is -2.26. The quantitative estimate of drug-likeness (QED) is 0.211. The molecule has 0 radical (unpaired) electrons. The normalized spacial score (nSPS) is 12.4. The number of nitrogens with zero attached hydrogens (tertiary/aromatic N) is 3. The summed E-state index contributed by atoms with van der Waals surface area (Å²) in [7, 11) is 0. The maximum Gasteiger partial charge on any atom is 0.333 e. The number of aliphatic carboxylic acids is 1. The van der Waals surface area contributed by atoms with Crippen molar-refractivity contribution < 1.29 is 28.7 Å². The van der Waals surface area contributed by atoms with Crippen molar-refractivity contribution in [1.82, 2.24) is 10.1 Å². The first-order valence-corrected chi connectivity index (χ1v) is 11.2. The molecular weight excluding hydrogens is 462 g/mol. The predicted octanol–water partition coefficient (Wildman–Crippen LogP) is 4.63. The number of carboxylic acid groups (broad SMARTS) is 1. The van der Waals surface area contributed by atoms with E-state index in [4.69, 9.17) is 30.4 Å². The van der Waals surface area contributed by atoms with Crippen LogP contribution in [0.25, 0.3) is 11.4 Å². The van der Waals surface area contributed by atoms with Crippen LogP contribution in [0.4, 0.5) is 0 Å². The molecule has 180 valence electrons. The molecule has 0 fully saturated rings. The van der Waals surface area contributed by atoms with Crippen LogP contribution < -0.4 is 4.74 Å². The van der Waals surface area contributed by atoms with Crippen molar-refractivity contribution in [3.63, 3.8) is 0 Å². The summed E-state index contributed by atoms with van der Waals surface area (Å²) in [6, 6.07) is 14.2. The molecule has 9 nitrogen and oxygen atoms in total. The van der Waals surface area contributed by atoms with Crippen LogP contribution in [0.15, 0.2) is 58.2 Å². The fraction of sp³-hybridized carbons (Fsp3) is 0.333. The second-order valence-corrected chi connectivity index (χ2v) is 7.66. The van der Waals surface area contributed by atoms with Crippen LogP contribution in [0.1, 0.15) is 31.7 Å². The summed E-state index contributed by atoms with van der Waals surface area (Å²) in [5.41, 5.74) is 1.83. The summed E-state index contributed by atoms with van der Waals surface area (Å²) in [4.78, 5) is 21.1. The molecule has 0 spiro atoms. The largest absolute Gasteiger partial charge is 0.487 e. The second-order valence-electron chi connectivity index (χ2n) is 7.22. The Morgan fingerprint density at radius 1 is 1.21 bits per heavy atom. The van der Waals surface area contributed by atoms with E-state index in [0.29, 0.717) is 35.5 Å².